The minimum absolute atomic E-state index is 0.321. The van der Waals surface area contributed by atoms with Crippen LogP contribution >= 0.6 is 11.6 Å². The number of aliphatic hydroxyl groups is 1. The second kappa shape index (κ2) is 5.98. The first-order valence-electron chi connectivity index (χ1n) is 5.93. The number of rotatable bonds is 6. The highest BCUT2D eigenvalue weighted by Gasteiger charge is 2.31. The van der Waals surface area contributed by atoms with Gasteiger partial charge in [-0.15, -0.1) is 0 Å². The molecular weight excluding hydrogens is 250 g/mol. The molecule has 0 amide bonds. The molecule has 0 aliphatic heterocycles. The van der Waals surface area contributed by atoms with E-state index >= 15 is 0 Å². The van der Waals surface area contributed by atoms with Gasteiger partial charge in [-0.05, 0) is 24.8 Å². The molecule has 1 unspecified atom stereocenters. The van der Waals surface area contributed by atoms with Crippen molar-refractivity contribution in [3.05, 3.63) is 40.8 Å². The van der Waals surface area contributed by atoms with Gasteiger partial charge in [0.2, 0.25) is 0 Å². The lowest BCUT2D eigenvalue weighted by Crippen LogP contribution is -2.17. The first-order chi connectivity index (χ1) is 8.72. The highest BCUT2D eigenvalue weighted by Crippen LogP contribution is 2.34. The normalized spacial score (nSPS) is 17.3. The molecule has 1 aliphatic carbocycles. The molecule has 0 radical (unpaired) electrons. The van der Waals surface area contributed by atoms with Crippen molar-refractivity contribution >= 4 is 17.8 Å². The van der Waals surface area contributed by atoms with Gasteiger partial charge in [-0.2, -0.15) is 0 Å². The van der Waals surface area contributed by atoms with Gasteiger partial charge in [-0.3, -0.25) is 0 Å². The van der Waals surface area contributed by atoms with Gasteiger partial charge in [0.05, 0.1) is 6.10 Å². The number of nitrogens with zero attached hydrogens (tertiary/aromatic N) is 1. The van der Waals surface area contributed by atoms with Crippen LogP contribution in [-0.2, 0) is 6.54 Å². The van der Waals surface area contributed by atoms with E-state index in [2.05, 4.69) is 10.3 Å². The first kappa shape index (κ1) is 13.1. The number of hydrogen-bond acceptors (Lipinski definition) is 4. The van der Waals surface area contributed by atoms with Gasteiger partial charge in [0.1, 0.15) is 5.15 Å². The molecule has 0 bridgehead atoms. The number of nitrogens with one attached hydrogen (secondary N) is 2. The van der Waals surface area contributed by atoms with Crippen LogP contribution in [0.15, 0.2) is 30.1 Å². The average molecular weight is 266 g/mol. The molecule has 96 valence electrons. The maximum atomic E-state index is 9.90. The number of hydrogen-bond donors (Lipinski definition) is 3. The van der Waals surface area contributed by atoms with Crippen molar-refractivity contribution < 1.29 is 5.11 Å². The summed E-state index contributed by atoms with van der Waals surface area (Å²) in [7, 11) is 0. The summed E-state index contributed by atoms with van der Waals surface area (Å²) in [5.74, 6) is 0.321. The minimum atomic E-state index is -0.528. The van der Waals surface area contributed by atoms with Crippen LogP contribution < -0.4 is 5.32 Å². The number of pyridine rings is 1. The smallest absolute Gasteiger partial charge is 0.133 e. The molecule has 1 aliphatic rings. The van der Waals surface area contributed by atoms with Gasteiger partial charge in [-0.1, -0.05) is 17.7 Å². The second-order valence-electron chi connectivity index (χ2n) is 4.41. The van der Waals surface area contributed by atoms with E-state index in [1.165, 1.54) is 6.21 Å². The number of aliphatic hydroxyl groups excluding tert-OH is 1. The quantitative estimate of drug-likeness (QED) is 0.545. The molecule has 1 atom stereocenters. The molecule has 0 spiro atoms. The lowest BCUT2D eigenvalue weighted by molar-refractivity contribution is 0.193. The zero-order chi connectivity index (χ0) is 13.0. The topological polar surface area (TPSA) is 69.0 Å². The fraction of sp³-hybridized carbons (Fsp3) is 0.385. The summed E-state index contributed by atoms with van der Waals surface area (Å²) in [4.78, 5) is 3.98. The summed E-state index contributed by atoms with van der Waals surface area (Å²) in [6, 6.07) is 3.71. The molecule has 2 rings (SSSR count). The Morgan fingerprint density at radius 3 is 3.06 bits per heavy atom. The third-order valence-electron chi connectivity index (χ3n) is 2.97. The lowest BCUT2D eigenvalue weighted by atomic mass is 10.1. The van der Waals surface area contributed by atoms with E-state index in [1.807, 2.05) is 12.1 Å². The van der Waals surface area contributed by atoms with Crippen LogP contribution in [0.4, 0.5) is 0 Å². The monoisotopic (exact) mass is 265 g/mol. The summed E-state index contributed by atoms with van der Waals surface area (Å²) in [6.07, 6.45) is 6.07. The lowest BCUT2D eigenvalue weighted by Gasteiger charge is -2.10. The second-order valence-corrected chi connectivity index (χ2v) is 4.76. The molecule has 18 heavy (non-hydrogen) atoms. The molecule has 1 fully saturated rings. The summed E-state index contributed by atoms with van der Waals surface area (Å²) >= 11 is 5.93. The molecule has 5 heteroatoms. The highest BCUT2D eigenvalue weighted by molar-refractivity contribution is 6.30. The summed E-state index contributed by atoms with van der Waals surface area (Å²) in [6.45, 7) is 0.529. The zero-order valence-electron chi connectivity index (χ0n) is 9.94. The van der Waals surface area contributed by atoms with Crippen molar-refractivity contribution in [1.82, 2.24) is 10.3 Å². The van der Waals surface area contributed by atoms with Crippen molar-refractivity contribution in [1.29, 1.82) is 5.41 Å². The third-order valence-corrected chi connectivity index (χ3v) is 3.31. The van der Waals surface area contributed by atoms with Crippen molar-refractivity contribution in [3.63, 3.8) is 0 Å². The van der Waals surface area contributed by atoms with Gasteiger partial charge in [0.15, 0.2) is 0 Å². The summed E-state index contributed by atoms with van der Waals surface area (Å²) in [5.41, 5.74) is 1.50. The Morgan fingerprint density at radius 1 is 1.67 bits per heavy atom. The molecule has 0 saturated heterocycles. The maximum absolute atomic E-state index is 9.90. The third kappa shape index (κ3) is 3.31. The van der Waals surface area contributed by atoms with Crippen LogP contribution in [0.25, 0.3) is 0 Å². The molecule has 1 saturated carbocycles. The first-order valence-corrected chi connectivity index (χ1v) is 6.31. The fourth-order valence-electron chi connectivity index (χ4n) is 1.73. The fourth-order valence-corrected chi connectivity index (χ4v) is 1.91. The van der Waals surface area contributed by atoms with Crippen LogP contribution in [0.1, 0.15) is 18.4 Å². The van der Waals surface area contributed by atoms with Gasteiger partial charge < -0.3 is 15.8 Å². The largest absolute Gasteiger partial charge is 0.388 e. The summed E-state index contributed by atoms with van der Waals surface area (Å²) < 4.78 is 0. The predicted octanol–water partition coefficient (Wildman–Crippen LogP) is 2.13. The molecule has 1 aromatic rings. The molecule has 0 aromatic carbocycles. The maximum Gasteiger partial charge on any atom is 0.133 e. The van der Waals surface area contributed by atoms with Crippen molar-refractivity contribution in [2.24, 2.45) is 5.92 Å². The van der Waals surface area contributed by atoms with Crippen LogP contribution in [0, 0.1) is 11.3 Å². The Balaban J connectivity index is 1.93. The van der Waals surface area contributed by atoms with Crippen molar-refractivity contribution in [2.75, 3.05) is 0 Å². The Labute approximate surface area is 111 Å². The molecule has 4 nitrogen and oxygen atoms in total. The van der Waals surface area contributed by atoms with Crippen LogP contribution in [-0.4, -0.2) is 22.4 Å². The van der Waals surface area contributed by atoms with Crippen molar-refractivity contribution in [3.8, 4) is 0 Å². The van der Waals surface area contributed by atoms with E-state index in [-0.39, 0.29) is 0 Å². The van der Waals surface area contributed by atoms with E-state index in [4.69, 9.17) is 17.0 Å². The Kier molecular flexibility index (Phi) is 4.33. The summed E-state index contributed by atoms with van der Waals surface area (Å²) in [5, 5.41) is 20.7. The van der Waals surface area contributed by atoms with Gasteiger partial charge >= 0.3 is 0 Å². The van der Waals surface area contributed by atoms with Gasteiger partial charge in [-0.25, -0.2) is 4.98 Å². The van der Waals surface area contributed by atoms with E-state index in [0.29, 0.717) is 23.2 Å². The molecule has 3 N–H and O–H groups in total. The SMILES string of the molecule is N=C/C(=C\NCc1cccnc1Cl)C(O)C1CC1. The minimum Gasteiger partial charge on any atom is -0.388 e. The average Bonchev–Trinajstić information content (AvgIpc) is 3.20. The highest BCUT2D eigenvalue weighted by atomic mass is 35.5. The van der Waals surface area contributed by atoms with Crippen LogP contribution in [0.2, 0.25) is 5.15 Å². The standard InChI is InChI=1S/C13H16ClN3O/c14-13-10(2-1-5-17-13)7-16-8-11(6-15)12(18)9-3-4-9/h1-2,5-6,8-9,12,15-16,18H,3-4,7H2/b11-8+,15-6?. The number of aromatic nitrogens is 1. The molecular formula is C13H16ClN3O. The van der Waals surface area contributed by atoms with E-state index in [1.54, 1.807) is 12.4 Å². The van der Waals surface area contributed by atoms with Gasteiger partial charge in [0.25, 0.3) is 0 Å². The van der Waals surface area contributed by atoms with Crippen LogP contribution in [0.5, 0.6) is 0 Å². The molecule has 1 aromatic heterocycles. The van der Waals surface area contributed by atoms with E-state index in [9.17, 15) is 5.11 Å². The number of halogens is 1. The van der Waals surface area contributed by atoms with Crippen LogP contribution in [0.3, 0.4) is 0 Å². The Morgan fingerprint density at radius 2 is 2.44 bits per heavy atom. The zero-order valence-corrected chi connectivity index (χ0v) is 10.7. The van der Waals surface area contributed by atoms with E-state index < -0.39 is 6.10 Å². The Hall–Kier alpha value is -1.39. The molecule has 1 heterocycles. The van der Waals surface area contributed by atoms with E-state index in [0.717, 1.165) is 18.4 Å². The Bertz CT molecular complexity index is 457. The van der Waals surface area contributed by atoms with Crippen molar-refractivity contribution in [2.45, 2.75) is 25.5 Å². The van der Waals surface area contributed by atoms with Gasteiger partial charge in [0, 0.05) is 36.3 Å². The predicted molar refractivity (Wildman–Crippen MR) is 71.7 cm³/mol.